The summed E-state index contributed by atoms with van der Waals surface area (Å²) >= 11 is 0. The number of aromatic nitrogens is 3. The van der Waals surface area contributed by atoms with Crippen molar-refractivity contribution in [3.8, 4) is 0 Å². The first kappa shape index (κ1) is 14.4. The van der Waals surface area contributed by atoms with Gasteiger partial charge in [0.25, 0.3) is 5.56 Å². The molecule has 1 rings (SSSR count). The van der Waals surface area contributed by atoms with Crippen molar-refractivity contribution < 1.29 is 0 Å². The third-order valence-corrected chi connectivity index (χ3v) is 2.86. The molecule has 7 heteroatoms. The minimum absolute atomic E-state index is 0.298. The standard InChI is InChI=1S/C11H21N5O2/c1-14(8-6-4-5-7-12)9-10(17)15(2)11(18)16(3)13-9/h4-8,12H2,1-3H3. The number of hydrogen-bond acceptors (Lipinski definition) is 5. The number of unbranched alkanes of at least 4 members (excludes halogenated alkanes) is 2. The number of hydrogen-bond donors (Lipinski definition) is 1. The van der Waals surface area contributed by atoms with E-state index in [2.05, 4.69) is 5.10 Å². The van der Waals surface area contributed by atoms with Gasteiger partial charge in [0.1, 0.15) is 0 Å². The van der Waals surface area contributed by atoms with Crippen molar-refractivity contribution in [2.24, 2.45) is 19.8 Å². The Morgan fingerprint density at radius 2 is 1.89 bits per heavy atom. The lowest BCUT2D eigenvalue weighted by molar-refractivity contribution is 0.588. The summed E-state index contributed by atoms with van der Waals surface area (Å²) in [5, 5.41) is 4.00. The van der Waals surface area contributed by atoms with Gasteiger partial charge in [0.15, 0.2) is 0 Å². The molecule has 0 fully saturated rings. The van der Waals surface area contributed by atoms with Gasteiger partial charge in [-0.15, -0.1) is 5.10 Å². The zero-order valence-corrected chi connectivity index (χ0v) is 11.2. The maximum atomic E-state index is 11.9. The molecule has 0 saturated heterocycles. The number of nitrogens with two attached hydrogens (primary N) is 1. The monoisotopic (exact) mass is 255 g/mol. The molecule has 0 aliphatic rings. The van der Waals surface area contributed by atoms with Gasteiger partial charge in [-0.1, -0.05) is 6.42 Å². The highest BCUT2D eigenvalue weighted by atomic mass is 16.2. The van der Waals surface area contributed by atoms with Crippen LogP contribution in [0.3, 0.4) is 0 Å². The molecule has 0 aliphatic carbocycles. The molecule has 0 saturated carbocycles. The zero-order chi connectivity index (χ0) is 13.7. The molecular weight excluding hydrogens is 234 g/mol. The molecule has 2 N–H and O–H groups in total. The summed E-state index contributed by atoms with van der Waals surface area (Å²) in [5.74, 6) is 0.298. The first-order chi connectivity index (χ1) is 8.49. The van der Waals surface area contributed by atoms with Crippen molar-refractivity contribution in [1.82, 2.24) is 14.3 Å². The fourth-order valence-electron chi connectivity index (χ4n) is 1.70. The summed E-state index contributed by atoms with van der Waals surface area (Å²) in [7, 11) is 4.79. The average molecular weight is 255 g/mol. The molecule has 0 bridgehead atoms. The highest BCUT2D eigenvalue weighted by Gasteiger charge is 2.12. The molecule has 18 heavy (non-hydrogen) atoms. The summed E-state index contributed by atoms with van der Waals surface area (Å²) in [6.45, 7) is 1.41. The number of anilines is 1. The molecule has 0 unspecified atom stereocenters. The molecule has 102 valence electrons. The Labute approximate surface area is 106 Å². The van der Waals surface area contributed by atoms with Crippen LogP contribution in [0, 0.1) is 0 Å². The van der Waals surface area contributed by atoms with Crippen LogP contribution in [0.25, 0.3) is 0 Å². The zero-order valence-electron chi connectivity index (χ0n) is 11.2. The molecular formula is C11H21N5O2. The summed E-state index contributed by atoms with van der Waals surface area (Å²) in [4.78, 5) is 25.2. The van der Waals surface area contributed by atoms with E-state index < -0.39 is 5.69 Å². The second-order valence-electron chi connectivity index (χ2n) is 4.36. The van der Waals surface area contributed by atoms with Crippen LogP contribution in [0.4, 0.5) is 5.82 Å². The van der Waals surface area contributed by atoms with Crippen LogP contribution in [0.2, 0.25) is 0 Å². The van der Waals surface area contributed by atoms with Crippen LogP contribution in [0.1, 0.15) is 19.3 Å². The van der Waals surface area contributed by atoms with Crippen LogP contribution in [-0.4, -0.2) is 34.5 Å². The Balaban J connectivity index is 2.83. The first-order valence-corrected chi connectivity index (χ1v) is 6.04. The molecule has 0 radical (unpaired) electrons. The fourth-order valence-corrected chi connectivity index (χ4v) is 1.70. The molecule has 0 spiro atoms. The molecule has 7 nitrogen and oxygen atoms in total. The third kappa shape index (κ3) is 3.19. The molecule has 0 amide bonds. The highest BCUT2D eigenvalue weighted by molar-refractivity contribution is 5.32. The number of nitrogens with zero attached hydrogens (tertiary/aromatic N) is 4. The van der Waals surface area contributed by atoms with Gasteiger partial charge in [-0.3, -0.25) is 9.36 Å². The minimum Gasteiger partial charge on any atom is -0.354 e. The van der Waals surface area contributed by atoms with Crippen molar-refractivity contribution in [3.63, 3.8) is 0 Å². The number of aryl methyl sites for hydroxylation is 1. The molecule has 1 heterocycles. The normalized spacial score (nSPS) is 10.7. The van der Waals surface area contributed by atoms with Crippen molar-refractivity contribution in [2.75, 3.05) is 25.0 Å². The summed E-state index contributed by atoms with van der Waals surface area (Å²) < 4.78 is 2.24. The van der Waals surface area contributed by atoms with Crippen LogP contribution in [0.15, 0.2) is 9.59 Å². The SMILES string of the molecule is CN(CCCCCN)c1nn(C)c(=O)n(C)c1=O. The summed E-state index contributed by atoms with van der Waals surface area (Å²) in [6.07, 6.45) is 2.95. The van der Waals surface area contributed by atoms with Gasteiger partial charge < -0.3 is 10.6 Å². The largest absolute Gasteiger partial charge is 0.354 e. The van der Waals surface area contributed by atoms with Gasteiger partial charge in [0, 0.05) is 27.7 Å². The topological polar surface area (TPSA) is 86.2 Å². The van der Waals surface area contributed by atoms with Crippen molar-refractivity contribution in [3.05, 3.63) is 20.8 Å². The molecule has 0 aromatic carbocycles. The smallest absolute Gasteiger partial charge is 0.346 e. The lowest BCUT2D eigenvalue weighted by Crippen LogP contribution is -2.42. The minimum atomic E-state index is -0.416. The molecule has 1 aromatic rings. The van der Waals surface area contributed by atoms with E-state index in [1.165, 1.54) is 18.8 Å². The van der Waals surface area contributed by atoms with Gasteiger partial charge in [-0.05, 0) is 19.4 Å². The summed E-state index contributed by atoms with van der Waals surface area (Å²) in [5.41, 5.74) is 4.64. The van der Waals surface area contributed by atoms with Crippen LogP contribution in [0.5, 0.6) is 0 Å². The van der Waals surface area contributed by atoms with Crippen molar-refractivity contribution in [2.45, 2.75) is 19.3 Å². The van der Waals surface area contributed by atoms with Gasteiger partial charge in [-0.25, -0.2) is 9.48 Å². The maximum absolute atomic E-state index is 11.9. The van der Waals surface area contributed by atoms with E-state index in [1.54, 1.807) is 11.9 Å². The van der Waals surface area contributed by atoms with Gasteiger partial charge in [0.2, 0.25) is 5.82 Å². The van der Waals surface area contributed by atoms with Gasteiger partial charge >= 0.3 is 5.69 Å². The second-order valence-corrected chi connectivity index (χ2v) is 4.36. The average Bonchev–Trinajstić information content (AvgIpc) is 2.36. The Bertz CT molecular complexity index is 505. The van der Waals surface area contributed by atoms with E-state index >= 15 is 0 Å². The highest BCUT2D eigenvalue weighted by Crippen LogP contribution is 2.02. The molecule has 0 aliphatic heterocycles. The Hall–Kier alpha value is -1.63. The van der Waals surface area contributed by atoms with E-state index in [4.69, 9.17) is 5.73 Å². The fraction of sp³-hybridized carbons (Fsp3) is 0.727. The third-order valence-electron chi connectivity index (χ3n) is 2.86. The Morgan fingerprint density at radius 3 is 2.50 bits per heavy atom. The van der Waals surface area contributed by atoms with E-state index in [0.29, 0.717) is 12.4 Å². The molecule has 0 atom stereocenters. The van der Waals surface area contributed by atoms with E-state index in [-0.39, 0.29) is 5.56 Å². The second kappa shape index (κ2) is 6.34. The van der Waals surface area contributed by atoms with E-state index in [1.807, 2.05) is 0 Å². The van der Waals surface area contributed by atoms with E-state index in [9.17, 15) is 9.59 Å². The van der Waals surface area contributed by atoms with Gasteiger partial charge in [0.05, 0.1) is 0 Å². The Kier molecular flexibility index (Phi) is 5.08. The predicted molar refractivity (Wildman–Crippen MR) is 70.9 cm³/mol. The lowest BCUT2D eigenvalue weighted by Gasteiger charge is -2.18. The first-order valence-electron chi connectivity index (χ1n) is 6.04. The van der Waals surface area contributed by atoms with Crippen LogP contribution < -0.4 is 21.9 Å². The summed E-state index contributed by atoms with van der Waals surface area (Å²) in [6, 6.07) is 0. The number of rotatable bonds is 6. The lowest BCUT2D eigenvalue weighted by atomic mass is 10.2. The van der Waals surface area contributed by atoms with Gasteiger partial charge in [-0.2, -0.15) is 0 Å². The maximum Gasteiger partial charge on any atom is 0.346 e. The Morgan fingerprint density at radius 1 is 1.22 bits per heavy atom. The van der Waals surface area contributed by atoms with Crippen molar-refractivity contribution in [1.29, 1.82) is 0 Å². The van der Waals surface area contributed by atoms with E-state index in [0.717, 1.165) is 30.4 Å². The van der Waals surface area contributed by atoms with Crippen molar-refractivity contribution >= 4 is 5.82 Å². The molecule has 1 aromatic heterocycles. The van der Waals surface area contributed by atoms with Crippen LogP contribution in [-0.2, 0) is 14.1 Å². The predicted octanol–water partition coefficient (Wildman–Crippen LogP) is -0.956. The van der Waals surface area contributed by atoms with Crippen LogP contribution >= 0.6 is 0 Å². The quantitative estimate of drug-likeness (QED) is 0.662.